The summed E-state index contributed by atoms with van der Waals surface area (Å²) in [5.74, 6) is 0.777. The maximum Gasteiger partial charge on any atom is 0.0473 e. The molecule has 2 heteroatoms. The summed E-state index contributed by atoms with van der Waals surface area (Å²) in [6.07, 6.45) is 3.65. The Morgan fingerprint density at radius 1 is 1.28 bits per heavy atom. The monoisotopic (exact) mass is 261 g/mol. The highest BCUT2D eigenvalue weighted by atomic mass is 35.5. The largest absolute Gasteiger partial charge is 0.358 e. The van der Waals surface area contributed by atoms with Gasteiger partial charge >= 0.3 is 0 Å². The number of hydrogen-bond donors (Lipinski definition) is 1. The lowest BCUT2D eigenvalue weighted by molar-refractivity contribution is 0.216. The van der Waals surface area contributed by atoms with Gasteiger partial charge in [0.25, 0.3) is 0 Å². The SMILES string of the molecule is CC(C)(C)C1CCc2[nH]c3cc(Cl)ccc3c2C1. The summed E-state index contributed by atoms with van der Waals surface area (Å²) in [4.78, 5) is 3.54. The molecule has 1 aromatic carbocycles. The Hall–Kier alpha value is -0.950. The molecule has 1 aliphatic rings. The minimum Gasteiger partial charge on any atom is -0.358 e. The zero-order chi connectivity index (χ0) is 12.9. The van der Waals surface area contributed by atoms with E-state index in [1.165, 1.54) is 41.4 Å². The quantitative estimate of drug-likeness (QED) is 0.689. The summed E-state index contributed by atoms with van der Waals surface area (Å²) in [5.41, 5.74) is 4.54. The van der Waals surface area contributed by atoms with E-state index in [1.54, 1.807) is 0 Å². The molecule has 1 atom stereocenters. The number of aromatic amines is 1. The molecule has 0 saturated carbocycles. The van der Waals surface area contributed by atoms with Crippen molar-refractivity contribution in [1.82, 2.24) is 4.98 Å². The number of nitrogens with one attached hydrogen (secondary N) is 1. The van der Waals surface area contributed by atoms with Crippen LogP contribution in [0.2, 0.25) is 5.02 Å². The predicted octanol–water partition coefficient (Wildman–Crippen LogP) is 4.97. The van der Waals surface area contributed by atoms with Crippen LogP contribution in [0.5, 0.6) is 0 Å². The van der Waals surface area contributed by atoms with Gasteiger partial charge in [0.15, 0.2) is 0 Å². The van der Waals surface area contributed by atoms with E-state index < -0.39 is 0 Å². The second-order valence-corrected chi connectivity index (χ2v) is 7.01. The van der Waals surface area contributed by atoms with Crippen molar-refractivity contribution in [3.05, 3.63) is 34.5 Å². The molecule has 1 aromatic heterocycles. The molecule has 1 N–H and O–H groups in total. The molecule has 3 rings (SSSR count). The van der Waals surface area contributed by atoms with Crippen LogP contribution in [0.15, 0.2) is 18.2 Å². The molecule has 2 aromatic rings. The van der Waals surface area contributed by atoms with Crippen LogP contribution in [0.1, 0.15) is 38.4 Å². The number of halogens is 1. The molecule has 18 heavy (non-hydrogen) atoms. The van der Waals surface area contributed by atoms with Crippen molar-refractivity contribution >= 4 is 22.5 Å². The van der Waals surface area contributed by atoms with Crippen molar-refractivity contribution in [1.29, 1.82) is 0 Å². The molecule has 0 fully saturated rings. The first-order chi connectivity index (χ1) is 8.45. The average molecular weight is 262 g/mol. The van der Waals surface area contributed by atoms with Crippen molar-refractivity contribution < 1.29 is 0 Å². The van der Waals surface area contributed by atoms with Gasteiger partial charge in [-0.3, -0.25) is 0 Å². The minimum atomic E-state index is 0.397. The molecule has 1 heterocycles. The van der Waals surface area contributed by atoms with Gasteiger partial charge < -0.3 is 4.98 Å². The zero-order valence-corrected chi connectivity index (χ0v) is 12.1. The molecule has 0 amide bonds. The number of hydrogen-bond acceptors (Lipinski definition) is 0. The van der Waals surface area contributed by atoms with E-state index in [0.29, 0.717) is 5.41 Å². The van der Waals surface area contributed by atoms with Gasteiger partial charge in [-0.2, -0.15) is 0 Å². The molecule has 0 aliphatic heterocycles. The Bertz CT molecular complexity index is 589. The summed E-state index contributed by atoms with van der Waals surface area (Å²) in [6, 6.07) is 6.21. The fourth-order valence-electron chi connectivity index (χ4n) is 3.14. The van der Waals surface area contributed by atoms with Gasteiger partial charge in [-0.1, -0.05) is 38.4 Å². The van der Waals surface area contributed by atoms with Crippen LogP contribution in [0, 0.1) is 11.3 Å². The summed E-state index contributed by atoms with van der Waals surface area (Å²) < 4.78 is 0. The number of aryl methyl sites for hydroxylation is 1. The van der Waals surface area contributed by atoms with E-state index in [0.717, 1.165) is 10.9 Å². The van der Waals surface area contributed by atoms with Gasteiger partial charge in [-0.15, -0.1) is 0 Å². The zero-order valence-electron chi connectivity index (χ0n) is 11.3. The van der Waals surface area contributed by atoms with Crippen LogP contribution in [0.3, 0.4) is 0 Å². The smallest absolute Gasteiger partial charge is 0.0473 e. The van der Waals surface area contributed by atoms with E-state index in [9.17, 15) is 0 Å². The normalized spacial score (nSPS) is 20.1. The van der Waals surface area contributed by atoms with Crippen molar-refractivity contribution in [3.63, 3.8) is 0 Å². The summed E-state index contributed by atoms with van der Waals surface area (Å²) in [5, 5.41) is 2.18. The summed E-state index contributed by atoms with van der Waals surface area (Å²) >= 11 is 6.06. The number of fused-ring (bicyclic) bond motifs is 3. The van der Waals surface area contributed by atoms with Crippen molar-refractivity contribution in [2.45, 2.75) is 40.0 Å². The molecule has 0 saturated heterocycles. The average Bonchev–Trinajstić information content (AvgIpc) is 2.63. The number of aromatic nitrogens is 1. The van der Waals surface area contributed by atoms with Crippen LogP contribution in [-0.4, -0.2) is 4.98 Å². The standard InChI is InChI=1S/C16H20ClN/c1-16(2,3)10-4-7-14-13(8-10)12-6-5-11(17)9-15(12)18-14/h5-6,9-10,18H,4,7-8H2,1-3H3. The van der Waals surface area contributed by atoms with Gasteiger partial charge in [0.2, 0.25) is 0 Å². The minimum absolute atomic E-state index is 0.397. The number of H-pyrrole nitrogens is 1. The lowest BCUT2D eigenvalue weighted by Crippen LogP contribution is -2.26. The lowest BCUT2D eigenvalue weighted by Gasteiger charge is -2.34. The molecular formula is C16H20ClN. The van der Waals surface area contributed by atoms with Gasteiger partial charge in [-0.25, -0.2) is 0 Å². The molecular weight excluding hydrogens is 242 g/mol. The number of rotatable bonds is 0. The second-order valence-electron chi connectivity index (χ2n) is 6.58. The predicted molar refractivity (Wildman–Crippen MR) is 78.3 cm³/mol. The fraction of sp³-hybridized carbons (Fsp3) is 0.500. The van der Waals surface area contributed by atoms with E-state index in [-0.39, 0.29) is 0 Å². The van der Waals surface area contributed by atoms with E-state index >= 15 is 0 Å². The van der Waals surface area contributed by atoms with Crippen LogP contribution < -0.4 is 0 Å². The first-order valence-corrected chi connectivity index (χ1v) is 7.12. The Morgan fingerprint density at radius 2 is 2.06 bits per heavy atom. The van der Waals surface area contributed by atoms with Crippen LogP contribution in [0.4, 0.5) is 0 Å². The molecule has 1 aliphatic carbocycles. The number of benzene rings is 1. The summed E-state index contributed by atoms with van der Waals surface area (Å²) in [7, 11) is 0. The van der Waals surface area contributed by atoms with Crippen LogP contribution in [-0.2, 0) is 12.8 Å². The summed E-state index contributed by atoms with van der Waals surface area (Å²) in [6.45, 7) is 7.07. The molecule has 1 nitrogen and oxygen atoms in total. The van der Waals surface area contributed by atoms with Gasteiger partial charge in [0.05, 0.1) is 0 Å². The highest BCUT2D eigenvalue weighted by Crippen LogP contribution is 2.40. The Labute approximate surface area is 114 Å². The van der Waals surface area contributed by atoms with Gasteiger partial charge in [0.1, 0.15) is 0 Å². The highest BCUT2D eigenvalue weighted by molar-refractivity contribution is 6.31. The molecule has 0 radical (unpaired) electrons. The first-order valence-electron chi connectivity index (χ1n) is 6.74. The maximum atomic E-state index is 6.06. The van der Waals surface area contributed by atoms with Crippen molar-refractivity contribution in [3.8, 4) is 0 Å². The first kappa shape index (κ1) is 12.1. The Kier molecular flexibility index (Phi) is 2.71. The molecule has 0 spiro atoms. The molecule has 0 bridgehead atoms. The third kappa shape index (κ3) is 1.95. The third-order valence-electron chi connectivity index (χ3n) is 4.37. The molecule has 1 unspecified atom stereocenters. The topological polar surface area (TPSA) is 15.8 Å². The van der Waals surface area contributed by atoms with Gasteiger partial charge in [0, 0.05) is 21.6 Å². The second kappa shape index (κ2) is 4.03. The Balaban J connectivity index is 2.07. The highest BCUT2D eigenvalue weighted by Gasteiger charge is 2.30. The van der Waals surface area contributed by atoms with Crippen LogP contribution in [0.25, 0.3) is 10.9 Å². The third-order valence-corrected chi connectivity index (χ3v) is 4.61. The maximum absolute atomic E-state index is 6.06. The van der Waals surface area contributed by atoms with Crippen molar-refractivity contribution in [2.24, 2.45) is 11.3 Å². The molecule has 96 valence electrons. The van der Waals surface area contributed by atoms with Gasteiger partial charge in [-0.05, 0) is 48.3 Å². The lowest BCUT2D eigenvalue weighted by atomic mass is 9.71. The van der Waals surface area contributed by atoms with Crippen LogP contribution >= 0.6 is 11.6 Å². The van der Waals surface area contributed by atoms with E-state index in [1.807, 2.05) is 12.1 Å². The van der Waals surface area contributed by atoms with Crippen molar-refractivity contribution in [2.75, 3.05) is 0 Å². The Morgan fingerprint density at radius 3 is 2.78 bits per heavy atom. The van der Waals surface area contributed by atoms with E-state index in [4.69, 9.17) is 11.6 Å². The van der Waals surface area contributed by atoms with E-state index in [2.05, 4.69) is 31.8 Å². The fourth-order valence-corrected chi connectivity index (χ4v) is 3.31.